The highest BCUT2D eigenvalue weighted by Crippen LogP contribution is 2.33. The largest absolute Gasteiger partial charge is 0.481 e. The summed E-state index contributed by atoms with van der Waals surface area (Å²) in [5, 5.41) is 8.84. The summed E-state index contributed by atoms with van der Waals surface area (Å²) >= 11 is 0. The summed E-state index contributed by atoms with van der Waals surface area (Å²) in [4.78, 5) is 12.9. The van der Waals surface area contributed by atoms with E-state index in [4.69, 9.17) is 5.11 Å². The Morgan fingerprint density at radius 1 is 1.40 bits per heavy atom. The SMILES string of the molecule is CC(CC(=O)O)C(C1CCCC1)N(C)C. The van der Waals surface area contributed by atoms with E-state index in [2.05, 4.69) is 25.9 Å². The number of carboxylic acids is 1. The molecule has 0 amide bonds. The normalized spacial score (nSPS) is 21.9. The molecule has 15 heavy (non-hydrogen) atoms. The minimum Gasteiger partial charge on any atom is -0.481 e. The zero-order chi connectivity index (χ0) is 11.4. The lowest BCUT2D eigenvalue weighted by atomic mass is 9.85. The summed E-state index contributed by atoms with van der Waals surface area (Å²) in [5.74, 6) is 0.280. The van der Waals surface area contributed by atoms with Gasteiger partial charge in [0, 0.05) is 12.5 Å². The molecule has 0 aromatic heterocycles. The lowest BCUT2D eigenvalue weighted by Crippen LogP contribution is -2.40. The quantitative estimate of drug-likeness (QED) is 0.761. The Morgan fingerprint density at radius 2 is 1.93 bits per heavy atom. The van der Waals surface area contributed by atoms with E-state index < -0.39 is 5.97 Å². The van der Waals surface area contributed by atoms with E-state index in [-0.39, 0.29) is 5.92 Å². The summed E-state index contributed by atoms with van der Waals surface area (Å²) in [6.07, 6.45) is 5.46. The first-order valence-corrected chi connectivity index (χ1v) is 5.90. The first-order valence-electron chi connectivity index (χ1n) is 5.90. The van der Waals surface area contributed by atoms with Gasteiger partial charge in [-0.3, -0.25) is 4.79 Å². The molecule has 1 aliphatic rings. The average molecular weight is 213 g/mol. The van der Waals surface area contributed by atoms with Crippen molar-refractivity contribution in [3.63, 3.8) is 0 Å². The molecule has 3 heteroatoms. The van der Waals surface area contributed by atoms with E-state index in [9.17, 15) is 4.79 Å². The molecule has 0 bridgehead atoms. The molecule has 1 rings (SSSR count). The molecular weight excluding hydrogens is 190 g/mol. The Labute approximate surface area is 92.5 Å². The fourth-order valence-electron chi connectivity index (χ4n) is 3.09. The predicted molar refractivity (Wildman–Crippen MR) is 60.8 cm³/mol. The minimum atomic E-state index is -0.674. The van der Waals surface area contributed by atoms with E-state index >= 15 is 0 Å². The van der Waals surface area contributed by atoms with Crippen LogP contribution in [-0.2, 0) is 4.79 Å². The molecule has 1 aliphatic carbocycles. The van der Waals surface area contributed by atoms with Gasteiger partial charge in [-0.1, -0.05) is 19.8 Å². The molecule has 88 valence electrons. The molecule has 0 radical (unpaired) electrons. The zero-order valence-electron chi connectivity index (χ0n) is 10.1. The van der Waals surface area contributed by atoms with E-state index in [1.165, 1.54) is 25.7 Å². The van der Waals surface area contributed by atoms with Gasteiger partial charge in [0.1, 0.15) is 0 Å². The second-order valence-corrected chi connectivity index (χ2v) is 5.07. The topological polar surface area (TPSA) is 40.5 Å². The van der Waals surface area contributed by atoms with E-state index in [1.807, 2.05) is 0 Å². The molecule has 1 fully saturated rings. The van der Waals surface area contributed by atoms with E-state index in [0.29, 0.717) is 18.4 Å². The van der Waals surface area contributed by atoms with Crippen molar-refractivity contribution in [1.82, 2.24) is 4.90 Å². The maximum atomic E-state index is 10.7. The van der Waals surface area contributed by atoms with Gasteiger partial charge in [-0.25, -0.2) is 0 Å². The van der Waals surface area contributed by atoms with Gasteiger partial charge in [0.2, 0.25) is 0 Å². The zero-order valence-corrected chi connectivity index (χ0v) is 10.1. The second kappa shape index (κ2) is 5.50. The Kier molecular flexibility index (Phi) is 4.58. The third-order valence-corrected chi connectivity index (χ3v) is 3.56. The van der Waals surface area contributed by atoms with Gasteiger partial charge in [0.05, 0.1) is 0 Å². The second-order valence-electron chi connectivity index (χ2n) is 5.07. The van der Waals surface area contributed by atoms with Crippen LogP contribution in [0.3, 0.4) is 0 Å². The van der Waals surface area contributed by atoms with Crippen LogP contribution in [0.25, 0.3) is 0 Å². The number of rotatable bonds is 5. The number of aliphatic carboxylic acids is 1. The number of hydrogen-bond donors (Lipinski definition) is 1. The van der Waals surface area contributed by atoms with Crippen LogP contribution < -0.4 is 0 Å². The van der Waals surface area contributed by atoms with Crippen LogP contribution in [0.4, 0.5) is 0 Å². The van der Waals surface area contributed by atoms with Crippen molar-refractivity contribution in [2.24, 2.45) is 11.8 Å². The lowest BCUT2D eigenvalue weighted by Gasteiger charge is -2.34. The van der Waals surface area contributed by atoms with Crippen LogP contribution in [0, 0.1) is 11.8 Å². The van der Waals surface area contributed by atoms with E-state index in [1.54, 1.807) is 0 Å². The fourth-order valence-corrected chi connectivity index (χ4v) is 3.09. The third-order valence-electron chi connectivity index (χ3n) is 3.56. The number of hydrogen-bond acceptors (Lipinski definition) is 2. The smallest absolute Gasteiger partial charge is 0.303 e. The molecule has 0 heterocycles. The van der Waals surface area contributed by atoms with Crippen molar-refractivity contribution in [3.8, 4) is 0 Å². The molecule has 0 spiro atoms. The molecule has 3 nitrogen and oxygen atoms in total. The summed E-state index contributed by atoms with van der Waals surface area (Å²) in [5.41, 5.74) is 0. The monoisotopic (exact) mass is 213 g/mol. The Balaban J connectivity index is 2.59. The first-order chi connectivity index (χ1) is 7.02. The van der Waals surface area contributed by atoms with Gasteiger partial charge in [0.15, 0.2) is 0 Å². The van der Waals surface area contributed by atoms with Gasteiger partial charge in [-0.2, -0.15) is 0 Å². The standard InChI is InChI=1S/C12H23NO2/c1-9(8-11(14)15)12(13(2)3)10-6-4-5-7-10/h9-10,12H,4-8H2,1-3H3,(H,14,15). The molecule has 2 unspecified atom stereocenters. The predicted octanol–water partition coefficient (Wildman–Crippen LogP) is 2.22. The third kappa shape index (κ3) is 3.49. The summed E-state index contributed by atoms with van der Waals surface area (Å²) in [7, 11) is 4.14. The van der Waals surface area contributed by atoms with Crippen molar-refractivity contribution in [1.29, 1.82) is 0 Å². The van der Waals surface area contributed by atoms with Gasteiger partial charge in [0.25, 0.3) is 0 Å². The number of nitrogens with zero attached hydrogens (tertiary/aromatic N) is 1. The van der Waals surface area contributed by atoms with Gasteiger partial charge < -0.3 is 10.0 Å². The van der Waals surface area contributed by atoms with Crippen LogP contribution >= 0.6 is 0 Å². The van der Waals surface area contributed by atoms with Crippen molar-refractivity contribution in [2.75, 3.05) is 14.1 Å². The molecule has 0 saturated heterocycles. The van der Waals surface area contributed by atoms with Crippen molar-refractivity contribution in [2.45, 2.75) is 45.1 Å². The minimum absolute atomic E-state index is 0.251. The van der Waals surface area contributed by atoms with Gasteiger partial charge in [-0.05, 0) is 38.8 Å². The van der Waals surface area contributed by atoms with Crippen molar-refractivity contribution < 1.29 is 9.90 Å². The number of carbonyl (C=O) groups is 1. The fraction of sp³-hybridized carbons (Fsp3) is 0.917. The van der Waals surface area contributed by atoms with Crippen LogP contribution in [0.2, 0.25) is 0 Å². The highest BCUT2D eigenvalue weighted by Gasteiger charge is 2.31. The molecule has 0 aromatic carbocycles. The maximum Gasteiger partial charge on any atom is 0.303 e. The van der Waals surface area contributed by atoms with Crippen molar-refractivity contribution in [3.05, 3.63) is 0 Å². The van der Waals surface area contributed by atoms with Crippen LogP contribution in [-0.4, -0.2) is 36.1 Å². The van der Waals surface area contributed by atoms with Crippen LogP contribution in [0.1, 0.15) is 39.0 Å². The molecule has 2 atom stereocenters. The lowest BCUT2D eigenvalue weighted by molar-refractivity contribution is -0.138. The Morgan fingerprint density at radius 3 is 2.33 bits per heavy atom. The van der Waals surface area contributed by atoms with Crippen LogP contribution in [0.5, 0.6) is 0 Å². The summed E-state index contributed by atoms with van der Waals surface area (Å²) < 4.78 is 0. The first kappa shape index (κ1) is 12.5. The van der Waals surface area contributed by atoms with Gasteiger partial charge in [-0.15, -0.1) is 0 Å². The molecule has 0 aromatic rings. The molecule has 0 aliphatic heterocycles. The summed E-state index contributed by atoms with van der Waals surface area (Å²) in [6.45, 7) is 2.07. The van der Waals surface area contributed by atoms with Crippen LogP contribution in [0.15, 0.2) is 0 Å². The highest BCUT2D eigenvalue weighted by molar-refractivity contribution is 5.67. The Hall–Kier alpha value is -0.570. The van der Waals surface area contributed by atoms with Gasteiger partial charge >= 0.3 is 5.97 Å². The maximum absolute atomic E-state index is 10.7. The Bertz CT molecular complexity index is 210. The molecule has 1 N–H and O–H groups in total. The molecular formula is C12H23NO2. The summed E-state index contributed by atoms with van der Waals surface area (Å²) in [6, 6.07) is 0.434. The van der Waals surface area contributed by atoms with E-state index in [0.717, 1.165) is 0 Å². The molecule has 1 saturated carbocycles. The average Bonchev–Trinajstić information content (AvgIpc) is 2.54. The highest BCUT2D eigenvalue weighted by atomic mass is 16.4. The number of carboxylic acid groups (broad SMARTS) is 1. The van der Waals surface area contributed by atoms with Crippen molar-refractivity contribution >= 4 is 5.97 Å².